The number of fused-ring (bicyclic) bond motifs is 1. The highest BCUT2D eigenvalue weighted by atomic mass is 16.5. The smallest absolute Gasteiger partial charge is 0.226 e. The molecule has 6 heteroatoms. The van der Waals surface area contributed by atoms with E-state index in [0.29, 0.717) is 6.61 Å². The Kier molecular flexibility index (Phi) is 4.97. The van der Waals surface area contributed by atoms with Crippen molar-refractivity contribution in [3.05, 3.63) is 47.4 Å². The summed E-state index contributed by atoms with van der Waals surface area (Å²) in [5.41, 5.74) is 3.00. The van der Waals surface area contributed by atoms with Crippen LogP contribution in [-0.2, 0) is 11.2 Å². The van der Waals surface area contributed by atoms with Crippen LogP contribution in [0, 0.1) is 19.8 Å². The highest BCUT2D eigenvalue weighted by Crippen LogP contribution is 2.28. The lowest BCUT2D eigenvalue weighted by Crippen LogP contribution is -2.51. The zero-order valence-electron chi connectivity index (χ0n) is 16.0. The molecule has 0 saturated carbocycles. The third kappa shape index (κ3) is 3.75. The summed E-state index contributed by atoms with van der Waals surface area (Å²) in [7, 11) is 0. The van der Waals surface area contributed by atoms with E-state index in [1.54, 1.807) is 6.20 Å². The van der Waals surface area contributed by atoms with Crippen molar-refractivity contribution >= 4 is 11.7 Å². The van der Waals surface area contributed by atoms with E-state index in [2.05, 4.69) is 20.9 Å². The van der Waals surface area contributed by atoms with Gasteiger partial charge in [-0.05, 0) is 38.3 Å². The molecule has 1 saturated heterocycles. The first-order valence-electron chi connectivity index (χ1n) is 9.66. The van der Waals surface area contributed by atoms with Crippen molar-refractivity contribution in [3.8, 4) is 5.75 Å². The molecule has 2 aromatic rings. The van der Waals surface area contributed by atoms with Crippen LogP contribution in [0.4, 0.5) is 5.82 Å². The molecule has 1 fully saturated rings. The average Bonchev–Trinajstić information content (AvgIpc) is 2.92. The van der Waals surface area contributed by atoms with Crippen molar-refractivity contribution in [1.82, 2.24) is 14.9 Å². The maximum Gasteiger partial charge on any atom is 0.226 e. The third-order valence-corrected chi connectivity index (χ3v) is 5.45. The highest BCUT2D eigenvalue weighted by molar-refractivity contribution is 5.79. The predicted molar refractivity (Wildman–Crippen MR) is 104 cm³/mol. The number of nitrogens with zero attached hydrogens (tertiary/aromatic N) is 4. The van der Waals surface area contributed by atoms with Crippen molar-refractivity contribution in [2.45, 2.75) is 26.7 Å². The molecule has 0 bridgehead atoms. The lowest BCUT2D eigenvalue weighted by molar-refractivity contribution is -0.136. The van der Waals surface area contributed by atoms with Crippen molar-refractivity contribution in [1.29, 1.82) is 0 Å². The Hall–Kier alpha value is -2.63. The number of ether oxygens (including phenoxy) is 1. The summed E-state index contributed by atoms with van der Waals surface area (Å²) < 4.78 is 5.82. The Balaban J connectivity index is 1.41. The molecule has 0 N–H and O–H groups in total. The minimum Gasteiger partial charge on any atom is -0.493 e. The fraction of sp³-hybridized carbons (Fsp3) is 0.476. The van der Waals surface area contributed by atoms with Gasteiger partial charge in [-0.1, -0.05) is 18.2 Å². The van der Waals surface area contributed by atoms with E-state index >= 15 is 0 Å². The van der Waals surface area contributed by atoms with Crippen molar-refractivity contribution in [3.63, 3.8) is 0 Å². The number of amides is 1. The molecule has 6 nitrogen and oxygen atoms in total. The number of carbonyl (C=O) groups excluding carboxylic acids is 1. The molecule has 3 heterocycles. The normalized spacial score (nSPS) is 19.9. The molecule has 27 heavy (non-hydrogen) atoms. The fourth-order valence-corrected chi connectivity index (χ4v) is 3.92. The van der Waals surface area contributed by atoms with E-state index in [1.807, 2.05) is 36.9 Å². The molecule has 1 aromatic heterocycles. The number of anilines is 1. The van der Waals surface area contributed by atoms with Crippen LogP contribution in [0.3, 0.4) is 0 Å². The number of carbonyl (C=O) groups is 1. The number of benzene rings is 1. The Morgan fingerprint density at radius 2 is 1.93 bits per heavy atom. The van der Waals surface area contributed by atoms with E-state index < -0.39 is 0 Å². The van der Waals surface area contributed by atoms with Gasteiger partial charge in [0.25, 0.3) is 0 Å². The minimum atomic E-state index is 0.000646. The molecule has 1 unspecified atom stereocenters. The monoisotopic (exact) mass is 366 g/mol. The number of piperazine rings is 1. The quantitative estimate of drug-likeness (QED) is 0.817. The van der Waals surface area contributed by atoms with E-state index in [1.165, 1.54) is 0 Å². The van der Waals surface area contributed by atoms with Crippen LogP contribution in [0.2, 0.25) is 0 Å². The molecule has 2 aliphatic heterocycles. The Labute approximate surface area is 160 Å². The van der Waals surface area contributed by atoms with E-state index in [0.717, 1.165) is 67.5 Å². The van der Waals surface area contributed by atoms with Crippen LogP contribution >= 0.6 is 0 Å². The molecule has 0 radical (unpaired) electrons. The van der Waals surface area contributed by atoms with Crippen LogP contribution < -0.4 is 9.64 Å². The van der Waals surface area contributed by atoms with Crippen molar-refractivity contribution in [2.75, 3.05) is 37.7 Å². The summed E-state index contributed by atoms with van der Waals surface area (Å²) in [5, 5.41) is 0. The van der Waals surface area contributed by atoms with E-state index in [9.17, 15) is 4.79 Å². The first kappa shape index (κ1) is 17.8. The second kappa shape index (κ2) is 7.55. The number of para-hydroxylation sites is 1. The van der Waals surface area contributed by atoms with Crippen molar-refractivity contribution < 1.29 is 9.53 Å². The second-order valence-corrected chi connectivity index (χ2v) is 7.38. The Morgan fingerprint density at radius 3 is 2.74 bits per heavy atom. The lowest BCUT2D eigenvalue weighted by atomic mass is 9.95. The number of aromatic nitrogens is 2. The lowest BCUT2D eigenvalue weighted by Gasteiger charge is -2.37. The molecule has 1 amide bonds. The van der Waals surface area contributed by atoms with Crippen molar-refractivity contribution in [2.24, 2.45) is 5.92 Å². The van der Waals surface area contributed by atoms with Gasteiger partial charge in [-0.25, -0.2) is 4.98 Å². The maximum absolute atomic E-state index is 13.1. The minimum absolute atomic E-state index is 0.000646. The van der Waals surface area contributed by atoms with Gasteiger partial charge in [0.15, 0.2) is 0 Å². The van der Waals surface area contributed by atoms with Gasteiger partial charge in [-0.2, -0.15) is 0 Å². The highest BCUT2D eigenvalue weighted by Gasteiger charge is 2.30. The Morgan fingerprint density at radius 1 is 1.15 bits per heavy atom. The van der Waals surface area contributed by atoms with Gasteiger partial charge >= 0.3 is 0 Å². The summed E-state index contributed by atoms with van der Waals surface area (Å²) in [6.07, 6.45) is 3.33. The largest absolute Gasteiger partial charge is 0.493 e. The molecule has 4 rings (SSSR count). The average molecular weight is 366 g/mol. The first-order valence-corrected chi connectivity index (χ1v) is 9.66. The number of rotatable bonds is 2. The van der Waals surface area contributed by atoms with Gasteiger partial charge < -0.3 is 14.5 Å². The first-order chi connectivity index (χ1) is 13.1. The van der Waals surface area contributed by atoms with Gasteiger partial charge in [-0.15, -0.1) is 0 Å². The topological polar surface area (TPSA) is 58.6 Å². The van der Waals surface area contributed by atoms with Gasteiger partial charge in [-0.3, -0.25) is 9.78 Å². The van der Waals surface area contributed by atoms with E-state index in [4.69, 9.17) is 4.74 Å². The molecule has 1 atom stereocenters. The third-order valence-electron chi connectivity index (χ3n) is 5.45. The molecule has 1 aromatic carbocycles. The predicted octanol–water partition coefficient (Wildman–Crippen LogP) is 2.38. The summed E-state index contributed by atoms with van der Waals surface area (Å²) >= 11 is 0. The standard InChI is InChI=1S/C21H26N4O2/c1-15-14-22-16(2)20(23-15)24-8-10-25(11-9-24)21(26)18-7-12-27-19-6-4-3-5-17(19)13-18/h3-6,14,18H,7-13H2,1-2H3. The molecule has 0 aliphatic carbocycles. The van der Waals surface area contributed by atoms with Crippen LogP contribution in [-0.4, -0.2) is 53.6 Å². The van der Waals surface area contributed by atoms with Crippen LogP contribution in [0.5, 0.6) is 5.75 Å². The SMILES string of the molecule is Cc1cnc(C)c(N2CCN(C(=O)C3CCOc4ccccc4C3)CC2)n1. The molecule has 142 valence electrons. The summed E-state index contributed by atoms with van der Waals surface area (Å²) in [4.78, 5) is 26.4. The molecule has 0 spiro atoms. The molecule has 2 aliphatic rings. The second-order valence-electron chi connectivity index (χ2n) is 7.38. The van der Waals surface area contributed by atoms with Gasteiger partial charge in [0, 0.05) is 38.3 Å². The summed E-state index contributed by atoms with van der Waals surface area (Å²) in [5.74, 6) is 2.12. The van der Waals surface area contributed by atoms with Crippen LogP contribution in [0.15, 0.2) is 30.5 Å². The maximum atomic E-state index is 13.1. The molecular formula is C21H26N4O2. The van der Waals surface area contributed by atoms with Gasteiger partial charge in [0.05, 0.1) is 18.0 Å². The number of aryl methyl sites for hydroxylation is 2. The molecular weight excluding hydrogens is 340 g/mol. The van der Waals surface area contributed by atoms with Gasteiger partial charge in [0.1, 0.15) is 11.6 Å². The zero-order chi connectivity index (χ0) is 18.8. The van der Waals surface area contributed by atoms with Crippen LogP contribution in [0.25, 0.3) is 0 Å². The fourth-order valence-electron chi connectivity index (χ4n) is 3.92. The summed E-state index contributed by atoms with van der Waals surface area (Å²) in [6.45, 7) is 7.60. The number of hydrogen-bond donors (Lipinski definition) is 0. The Bertz CT molecular complexity index is 831. The summed E-state index contributed by atoms with van der Waals surface area (Å²) in [6, 6.07) is 8.06. The zero-order valence-corrected chi connectivity index (χ0v) is 16.0. The number of hydrogen-bond acceptors (Lipinski definition) is 5. The van der Waals surface area contributed by atoms with E-state index in [-0.39, 0.29) is 11.8 Å². The van der Waals surface area contributed by atoms with Crippen LogP contribution in [0.1, 0.15) is 23.4 Å². The van der Waals surface area contributed by atoms with Gasteiger partial charge in [0.2, 0.25) is 5.91 Å².